The molecule has 0 aliphatic rings. The van der Waals surface area contributed by atoms with E-state index in [1.54, 1.807) is 7.11 Å². The number of quaternary nitrogens is 1. The molecule has 0 N–H and O–H groups in total. The van der Waals surface area contributed by atoms with E-state index in [0.717, 1.165) is 31.1 Å². The molecule has 1 unspecified atom stereocenters. The van der Waals surface area contributed by atoms with E-state index in [1.807, 2.05) is 6.92 Å². The molecule has 0 aliphatic heterocycles. The van der Waals surface area contributed by atoms with E-state index in [2.05, 4.69) is 14.0 Å². The van der Waals surface area contributed by atoms with Crippen molar-refractivity contribution in [1.29, 1.82) is 0 Å². The van der Waals surface area contributed by atoms with E-state index in [-0.39, 0.29) is 0 Å². The molecule has 0 bridgehead atoms. The maximum absolute atomic E-state index is 9.75. The number of nitrogens with zero attached hydrogens (tertiary/aromatic N) is 1. The third-order valence-electron chi connectivity index (χ3n) is 1.81. The van der Waals surface area contributed by atoms with E-state index >= 15 is 0 Å². The van der Waals surface area contributed by atoms with Crippen LogP contribution in [0.5, 0.6) is 0 Å². The minimum atomic E-state index is -6.00. The highest BCUT2D eigenvalue weighted by Gasteiger charge is 2.20. The average molecular weight is 249 g/mol. The second-order valence-corrected chi connectivity index (χ2v) is 3.47. The fourth-order valence-corrected chi connectivity index (χ4v) is 0.843. The Morgan fingerprint density at radius 3 is 1.75 bits per heavy atom. The summed E-state index contributed by atoms with van der Waals surface area (Å²) in [6, 6.07) is 0. The Labute approximate surface area is 94.0 Å². The summed E-state index contributed by atoms with van der Waals surface area (Å²) in [4.78, 5) is 0. The summed E-state index contributed by atoms with van der Waals surface area (Å²) < 4.78 is 50.2. The monoisotopic (exact) mass is 249 g/mol. The van der Waals surface area contributed by atoms with Crippen LogP contribution in [0.25, 0.3) is 0 Å². The minimum absolute atomic E-state index is 0.719. The zero-order valence-corrected chi connectivity index (χ0v) is 10.2. The lowest BCUT2D eigenvalue weighted by Crippen LogP contribution is -2.46. The van der Waals surface area contributed by atoms with Crippen molar-refractivity contribution in [1.82, 2.24) is 0 Å². The molecule has 0 saturated heterocycles. The van der Waals surface area contributed by atoms with Crippen LogP contribution in [0.2, 0.25) is 0 Å². The number of hydrogen-bond donors (Lipinski definition) is 0. The molecule has 100 valence electrons. The predicted octanol–water partition coefficient (Wildman–Crippen LogP) is 2.35. The Morgan fingerprint density at radius 1 is 1.06 bits per heavy atom. The molecule has 8 heteroatoms. The average Bonchev–Trinajstić information content (AvgIpc) is 2.13. The van der Waals surface area contributed by atoms with Crippen LogP contribution in [0.4, 0.5) is 17.3 Å². The zero-order valence-electron chi connectivity index (χ0n) is 10.2. The molecule has 0 heterocycles. The van der Waals surface area contributed by atoms with Crippen molar-refractivity contribution in [2.45, 2.75) is 13.8 Å². The summed E-state index contributed by atoms with van der Waals surface area (Å²) in [6.45, 7) is 7.41. The second-order valence-electron chi connectivity index (χ2n) is 3.47. The summed E-state index contributed by atoms with van der Waals surface area (Å²) >= 11 is 0. The zero-order chi connectivity index (χ0) is 13.2. The van der Waals surface area contributed by atoms with Crippen LogP contribution >= 0.6 is 0 Å². The molecule has 3 nitrogen and oxygen atoms in total. The van der Waals surface area contributed by atoms with Gasteiger partial charge in [-0.2, -0.15) is 0 Å². The Balaban J connectivity index is 0. The first-order chi connectivity index (χ1) is 7.18. The van der Waals surface area contributed by atoms with Gasteiger partial charge in [0.2, 0.25) is 0 Å². The third-order valence-corrected chi connectivity index (χ3v) is 1.81. The van der Waals surface area contributed by atoms with Crippen molar-refractivity contribution >= 4 is 7.25 Å². The first kappa shape index (κ1) is 18.0. The topological polar surface area (TPSA) is 18.5 Å². The molecule has 1 atom stereocenters. The van der Waals surface area contributed by atoms with Gasteiger partial charge in [0.1, 0.15) is 0 Å². The number of ether oxygens (including phenoxy) is 2. The van der Waals surface area contributed by atoms with Crippen LogP contribution < -0.4 is 0 Å². The molecule has 0 amide bonds. The number of rotatable bonds is 6. The van der Waals surface area contributed by atoms with Gasteiger partial charge in [-0.3, -0.25) is 4.48 Å². The fraction of sp³-hybridized carbons (Fsp3) is 1.00. The Bertz CT molecular complexity index is 165. The lowest BCUT2D eigenvalue weighted by atomic mass is 10.3. The Hall–Kier alpha value is -0.335. The molecule has 0 aliphatic carbocycles. The Kier molecular flexibility index (Phi) is 9.90. The molecule has 0 spiro atoms. The van der Waals surface area contributed by atoms with Gasteiger partial charge in [-0.1, -0.05) is 0 Å². The number of halogens is 4. The van der Waals surface area contributed by atoms with Gasteiger partial charge in [0.05, 0.1) is 13.6 Å². The minimum Gasteiger partial charge on any atom is -0.418 e. The summed E-state index contributed by atoms with van der Waals surface area (Å²) in [7, 11) is -2.16. The quantitative estimate of drug-likeness (QED) is 0.311. The maximum atomic E-state index is 9.75. The van der Waals surface area contributed by atoms with Gasteiger partial charge in [0, 0.05) is 13.7 Å². The highest BCUT2D eigenvalue weighted by Crippen LogP contribution is 2.06. The van der Waals surface area contributed by atoms with Gasteiger partial charge in [0.25, 0.3) is 0 Å². The summed E-state index contributed by atoms with van der Waals surface area (Å²) in [5.74, 6) is 0. The van der Waals surface area contributed by atoms with Crippen LogP contribution in [0, 0.1) is 0 Å². The van der Waals surface area contributed by atoms with E-state index in [1.165, 1.54) is 0 Å². The van der Waals surface area contributed by atoms with Crippen LogP contribution in [0.3, 0.4) is 0 Å². The molecule has 0 saturated carbocycles. The summed E-state index contributed by atoms with van der Waals surface area (Å²) in [5, 5.41) is 0. The van der Waals surface area contributed by atoms with Crippen molar-refractivity contribution in [3.05, 3.63) is 0 Å². The molecule has 0 aromatic carbocycles. The highest BCUT2D eigenvalue weighted by atomic mass is 19.5. The van der Waals surface area contributed by atoms with Crippen molar-refractivity contribution < 1.29 is 31.2 Å². The fourth-order valence-electron chi connectivity index (χ4n) is 0.843. The van der Waals surface area contributed by atoms with Crippen LogP contribution in [-0.4, -0.2) is 52.5 Å². The van der Waals surface area contributed by atoms with E-state index < -0.39 is 7.25 Å². The molecule has 16 heavy (non-hydrogen) atoms. The maximum Gasteiger partial charge on any atom is 0.673 e. The van der Waals surface area contributed by atoms with Gasteiger partial charge in [-0.15, -0.1) is 0 Å². The number of methoxy groups -OCH3 is 1. The molecule has 0 radical (unpaired) electrons. The molecular formula is C8H20BF4NO2. The normalized spacial score (nSPS) is 15.0. The van der Waals surface area contributed by atoms with Crippen molar-refractivity contribution in [2.75, 3.05) is 40.8 Å². The lowest BCUT2D eigenvalue weighted by molar-refractivity contribution is -0.943. The number of hydrogen-bond acceptors (Lipinski definition) is 2. The van der Waals surface area contributed by atoms with Gasteiger partial charge >= 0.3 is 7.25 Å². The first-order valence-electron chi connectivity index (χ1n) is 4.96. The van der Waals surface area contributed by atoms with Crippen molar-refractivity contribution in [3.8, 4) is 0 Å². The molecule has 0 aromatic heterocycles. The van der Waals surface area contributed by atoms with Crippen molar-refractivity contribution in [2.24, 2.45) is 0 Å². The smallest absolute Gasteiger partial charge is 0.418 e. The molecule has 0 rings (SSSR count). The third kappa shape index (κ3) is 16.1. The lowest BCUT2D eigenvalue weighted by Gasteiger charge is -2.31. The van der Waals surface area contributed by atoms with E-state index in [0.29, 0.717) is 0 Å². The largest absolute Gasteiger partial charge is 0.673 e. The predicted molar refractivity (Wildman–Crippen MR) is 55.3 cm³/mol. The van der Waals surface area contributed by atoms with Gasteiger partial charge in [-0.25, -0.2) is 0 Å². The van der Waals surface area contributed by atoms with Crippen LogP contribution in [0.1, 0.15) is 13.8 Å². The molecule has 0 aromatic rings. The first-order valence-corrected chi connectivity index (χ1v) is 4.96. The second kappa shape index (κ2) is 8.78. The van der Waals surface area contributed by atoms with Gasteiger partial charge < -0.3 is 26.7 Å². The standard InChI is InChI=1S/C8H20NO2.BF4/c1-5-9(3,7-10-4)8-11-6-2;2-1(3,4)5/h5-8H2,1-4H3;/q+1;-1. The van der Waals surface area contributed by atoms with E-state index in [4.69, 9.17) is 9.47 Å². The molecular weight excluding hydrogens is 229 g/mol. The summed E-state index contributed by atoms with van der Waals surface area (Å²) in [6.07, 6.45) is 0. The van der Waals surface area contributed by atoms with Gasteiger partial charge in [-0.05, 0) is 13.8 Å². The SMILES string of the molecule is CCOC[N+](C)(CC)COC.F[B-](F)(F)F. The Morgan fingerprint density at radius 2 is 1.50 bits per heavy atom. The summed E-state index contributed by atoms with van der Waals surface area (Å²) in [5.41, 5.74) is 0. The van der Waals surface area contributed by atoms with Crippen molar-refractivity contribution in [3.63, 3.8) is 0 Å². The van der Waals surface area contributed by atoms with E-state index in [9.17, 15) is 17.3 Å². The molecule has 0 fully saturated rings. The van der Waals surface area contributed by atoms with Gasteiger partial charge in [0.15, 0.2) is 13.5 Å². The van der Waals surface area contributed by atoms with Crippen LogP contribution in [0.15, 0.2) is 0 Å². The van der Waals surface area contributed by atoms with Crippen LogP contribution in [-0.2, 0) is 9.47 Å². The highest BCUT2D eigenvalue weighted by molar-refractivity contribution is 6.50.